The Kier molecular flexibility index (Phi) is 4.93. The third-order valence-corrected chi connectivity index (χ3v) is 6.00. The lowest BCUT2D eigenvalue weighted by Gasteiger charge is -2.33. The number of halogens is 1. The minimum absolute atomic E-state index is 0.0560. The van der Waals surface area contributed by atoms with Crippen molar-refractivity contribution in [3.05, 3.63) is 76.0 Å². The van der Waals surface area contributed by atoms with Crippen molar-refractivity contribution in [1.82, 2.24) is 19.9 Å². The van der Waals surface area contributed by atoms with Crippen LogP contribution in [0, 0.1) is 0 Å². The van der Waals surface area contributed by atoms with Gasteiger partial charge in [-0.1, -0.05) is 51.5 Å². The van der Waals surface area contributed by atoms with E-state index < -0.39 is 0 Å². The van der Waals surface area contributed by atoms with Crippen molar-refractivity contribution in [2.24, 2.45) is 0 Å². The third-order valence-electron chi connectivity index (χ3n) is 5.47. The molecule has 0 spiro atoms. The molecule has 1 amide bonds. The Morgan fingerprint density at radius 2 is 1.83 bits per heavy atom. The van der Waals surface area contributed by atoms with E-state index in [0.717, 1.165) is 34.3 Å². The van der Waals surface area contributed by atoms with E-state index in [-0.39, 0.29) is 12.0 Å². The molecule has 0 N–H and O–H groups in total. The Labute approximate surface area is 177 Å². The molecule has 29 heavy (non-hydrogen) atoms. The van der Waals surface area contributed by atoms with E-state index in [1.54, 1.807) is 0 Å². The maximum absolute atomic E-state index is 13.4. The number of hydrogen-bond donors (Lipinski definition) is 0. The van der Waals surface area contributed by atoms with Crippen molar-refractivity contribution in [1.29, 1.82) is 0 Å². The minimum atomic E-state index is -0.130. The molecule has 2 aliphatic rings. The monoisotopic (exact) mass is 452 g/mol. The molecule has 2 fully saturated rings. The first-order chi connectivity index (χ1) is 14.2. The highest BCUT2D eigenvalue weighted by molar-refractivity contribution is 9.10. The van der Waals surface area contributed by atoms with Gasteiger partial charge < -0.3 is 9.64 Å². The molecule has 1 saturated carbocycles. The Balaban J connectivity index is 1.42. The van der Waals surface area contributed by atoms with Crippen LogP contribution < -0.4 is 0 Å². The molecular formula is C22H21BrN4O2. The maximum Gasteiger partial charge on any atom is 0.276 e. The number of hydrogen-bond acceptors (Lipinski definition) is 4. The summed E-state index contributed by atoms with van der Waals surface area (Å²) in [5.74, 6) is 0.298. The van der Waals surface area contributed by atoms with Crippen LogP contribution in [0.1, 0.15) is 46.6 Å². The molecule has 7 heteroatoms. The van der Waals surface area contributed by atoms with Crippen molar-refractivity contribution >= 4 is 21.8 Å². The molecule has 0 bridgehead atoms. The molecule has 1 aromatic heterocycles. The molecule has 3 aromatic rings. The number of carbonyl (C=O) groups excluding carboxylic acids is 1. The Morgan fingerprint density at radius 1 is 1.07 bits per heavy atom. The van der Waals surface area contributed by atoms with E-state index in [9.17, 15) is 4.79 Å². The summed E-state index contributed by atoms with van der Waals surface area (Å²) in [5.41, 5.74) is 3.43. The number of benzene rings is 2. The zero-order valence-electron chi connectivity index (χ0n) is 15.9. The number of amides is 1. The highest BCUT2D eigenvalue weighted by Gasteiger charge is 2.37. The summed E-state index contributed by atoms with van der Waals surface area (Å²) in [4.78, 5) is 15.2. The van der Waals surface area contributed by atoms with E-state index in [2.05, 4.69) is 26.2 Å². The number of carbonyl (C=O) groups is 1. The molecule has 2 heterocycles. The fraction of sp³-hybridized carbons (Fsp3) is 0.318. The van der Waals surface area contributed by atoms with Crippen LogP contribution >= 0.6 is 15.9 Å². The average molecular weight is 453 g/mol. The Morgan fingerprint density at radius 3 is 2.55 bits per heavy atom. The first kappa shape index (κ1) is 18.5. The maximum atomic E-state index is 13.4. The van der Waals surface area contributed by atoms with Crippen LogP contribution in [-0.4, -0.2) is 45.5 Å². The van der Waals surface area contributed by atoms with Gasteiger partial charge in [0.25, 0.3) is 5.91 Å². The fourth-order valence-corrected chi connectivity index (χ4v) is 4.05. The van der Waals surface area contributed by atoms with E-state index in [1.807, 2.05) is 64.2 Å². The molecule has 1 saturated heterocycles. The largest absolute Gasteiger partial charge is 0.370 e. The zero-order valence-corrected chi connectivity index (χ0v) is 17.5. The topological polar surface area (TPSA) is 60.2 Å². The number of nitrogens with zero attached hydrogens (tertiary/aromatic N) is 4. The number of rotatable bonds is 4. The summed E-state index contributed by atoms with van der Waals surface area (Å²) < 4.78 is 8.79. The standard InChI is InChI=1S/C22H21BrN4O2/c23-17-10-8-15(9-11-17)19-14-26(12-13-29-19)22(28)20-21(16-6-7-16)27(25-24-20)18-4-2-1-3-5-18/h1-5,8-11,16,19H,6-7,12-14H2. The van der Waals surface area contributed by atoms with Crippen LogP contribution in [0.2, 0.25) is 0 Å². The van der Waals surface area contributed by atoms with Crippen molar-refractivity contribution in [2.75, 3.05) is 19.7 Å². The summed E-state index contributed by atoms with van der Waals surface area (Å²) in [7, 11) is 0. The predicted molar refractivity (Wildman–Crippen MR) is 112 cm³/mol. The number of aromatic nitrogens is 3. The highest BCUT2D eigenvalue weighted by Crippen LogP contribution is 2.42. The van der Waals surface area contributed by atoms with Gasteiger partial charge in [-0.15, -0.1) is 5.10 Å². The Hall–Kier alpha value is -2.51. The smallest absolute Gasteiger partial charge is 0.276 e. The van der Waals surface area contributed by atoms with Crippen LogP contribution in [0.5, 0.6) is 0 Å². The van der Waals surface area contributed by atoms with Gasteiger partial charge in [0.15, 0.2) is 5.69 Å². The molecule has 1 aliphatic carbocycles. The minimum Gasteiger partial charge on any atom is -0.370 e. The molecule has 0 radical (unpaired) electrons. The van der Waals surface area contributed by atoms with Crippen LogP contribution in [-0.2, 0) is 4.74 Å². The second-order valence-electron chi connectivity index (χ2n) is 7.51. The average Bonchev–Trinajstić information content (AvgIpc) is 3.52. The lowest BCUT2D eigenvalue weighted by molar-refractivity contribution is -0.0230. The molecule has 2 aromatic carbocycles. The van der Waals surface area contributed by atoms with Gasteiger partial charge in [0, 0.05) is 16.9 Å². The van der Waals surface area contributed by atoms with Crippen LogP contribution in [0.3, 0.4) is 0 Å². The molecule has 1 aliphatic heterocycles. The molecule has 1 unspecified atom stereocenters. The number of morpholine rings is 1. The van der Waals surface area contributed by atoms with Gasteiger partial charge in [0.1, 0.15) is 6.10 Å². The van der Waals surface area contributed by atoms with Gasteiger partial charge in [-0.25, -0.2) is 4.68 Å². The zero-order chi connectivity index (χ0) is 19.8. The normalized spacial score (nSPS) is 19.3. The van der Waals surface area contributed by atoms with Gasteiger partial charge in [0.05, 0.1) is 24.5 Å². The van der Waals surface area contributed by atoms with Crippen LogP contribution in [0.25, 0.3) is 5.69 Å². The quantitative estimate of drug-likeness (QED) is 0.597. The van der Waals surface area contributed by atoms with Crippen molar-refractivity contribution in [3.8, 4) is 5.69 Å². The molecule has 1 atom stereocenters. The third kappa shape index (κ3) is 3.72. The number of para-hydroxylation sites is 1. The first-order valence-electron chi connectivity index (χ1n) is 9.88. The molecule has 5 rings (SSSR count). The van der Waals surface area contributed by atoms with Gasteiger partial charge in [0.2, 0.25) is 0 Å². The summed E-state index contributed by atoms with van der Waals surface area (Å²) in [6.45, 7) is 1.59. The lowest BCUT2D eigenvalue weighted by atomic mass is 10.1. The second kappa shape index (κ2) is 7.72. The van der Waals surface area contributed by atoms with Crippen LogP contribution in [0.4, 0.5) is 0 Å². The van der Waals surface area contributed by atoms with Gasteiger partial charge in [-0.05, 0) is 42.7 Å². The second-order valence-corrected chi connectivity index (χ2v) is 8.42. The lowest BCUT2D eigenvalue weighted by Crippen LogP contribution is -2.42. The van der Waals surface area contributed by atoms with Gasteiger partial charge in [-0.3, -0.25) is 4.79 Å². The predicted octanol–water partition coefficient (Wildman–Crippen LogP) is 4.12. The summed E-state index contributed by atoms with van der Waals surface area (Å²) in [5, 5.41) is 8.65. The van der Waals surface area contributed by atoms with Crippen molar-refractivity contribution in [2.45, 2.75) is 24.9 Å². The SMILES string of the molecule is O=C(c1nnn(-c2ccccc2)c1C1CC1)N1CCOC(c2ccc(Br)cc2)C1. The van der Waals surface area contributed by atoms with Gasteiger partial charge >= 0.3 is 0 Å². The Bertz CT molecular complexity index is 1020. The van der Waals surface area contributed by atoms with E-state index >= 15 is 0 Å². The number of ether oxygens (including phenoxy) is 1. The fourth-order valence-electron chi connectivity index (χ4n) is 3.79. The van der Waals surface area contributed by atoms with Crippen molar-refractivity contribution in [3.63, 3.8) is 0 Å². The molecular weight excluding hydrogens is 432 g/mol. The van der Waals surface area contributed by atoms with Crippen molar-refractivity contribution < 1.29 is 9.53 Å². The summed E-state index contributed by atoms with van der Waals surface area (Å²) in [6.07, 6.45) is 2.02. The highest BCUT2D eigenvalue weighted by atomic mass is 79.9. The van der Waals surface area contributed by atoms with E-state index in [4.69, 9.17) is 4.74 Å². The summed E-state index contributed by atoms with van der Waals surface area (Å²) >= 11 is 3.46. The van der Waals surface area contributed by atoms with E-state index in [1.165, 1.54) is 0 Å². The first-order valence-corrected chi connectivity index (χ1v) is 10.7. The van der Waals surface area contributed by atoms with E-state index in [0.29, 0.717) is 31.3 Å². The molecule has 148 valence electrons. The summed E-state index contributed by atoms with van der Waals surface area (Å²) in [6, 6.07) is 18.0. The van der Waals surface area contributed by atoms with Gasteiger partial charge in [-0.2, -0.15) is 0 Å². The van der Waals surface area contributed by atoms with Crippen LogP contribution in [0.15, 0.2) is 59.1 Å². The molecule has 6 nitrogen and oxygen atoms in total.